The van der Waals surface area contributed by atoms with Gasteiger partial charge in [-0.1, -0.05) is 6.07 Å². The van der Waals surface area contributed by atoms with Gasteiger partial charge in [0.25, 0.3) is 5.91 Å². The third-order valence-electron chi connectivity index (χ3n) is 4.44. The Morgan fingerprint density at radius 2 is 2.05 bits per heavy atom. The first-order valence-electron chi connectivity index (χ1n) is 7.40. The van der Waals surface area contributed by atoms with Gasteiger partial charge < -0.3 is 10.6 Å². The number of nitrogens with one attached hydrogen (secondary N) is 2. The zero-order valence-corrected chi connectivity index (χ0v) is 12.8. The first-order valence-corrected chi connectivity index (χ1v) is 7.40. The number of carbonyl (C=O) groups is 1. The summed E-state index contributed by atoms with van der Waals surface area (Å²) < 4.78 is 0. The minimum atomic E-state index is 0. The maximum atomic E-state index is 12.3. The predicted octanol–water partition coefficient (Wildman–Crippen LogP) is 2.47. The molecule has 1 amide bonds. The lowest BCUT2D eigenvalue weighted by molar-refractivity contribution is 0.0920. The van der Waals surface area contributed by atoms with Crippen LogP contribution >= 0.6 is 12.4 Å². The van der Waals surface area contributed by atoms with Crippen molar-refractivity contribution in [2.75, 3.05) is 6.54 Å². The zero-order chi connectivity index (χ0) is 13.2. The van der Waals surface area contributed by atoms with Crippen molar-refractivity contribution in [2.24, 2.45) is 0 Å². The summed E-state index contributed by atoms with van der Waals surface area (Å²) >= 11 is 0. The van der Waals surface area contributed by atoms with Gasteiger partial charge >= 0.3 is 0 Å². The van der Waals surface area contributed by atoms with Crippen molar-refractivity contribution in [1.82, 2.24) is 10.6 Å². The van der Waals surface area contributed by atoms with Crippen molar-refractivity contribution < 1.29 is 4.79 Å². The SMILES string of the molecule is CC1NCCCC1NC(=O)c1ccc2c(c1)CCC2.Cl. The van der Waals surface area contributed by atoms with E-state index >= 15 is 0 Å². The molecule has 0 bridgehead atoms. The second-order valence-electron chi connectivity index (χ2n) is 5.80. The molecule has 110 valence electrons. The van der Waals surface area contributed by atoms with Gasteiger partial charge in [0.2, 0.25) is 0 Å². The van der Waals surface area contributed by atoms with E-state index in [1.807, 2.05) is 6.07 Å². The molecular weight excluding hydrogens is 272 g/mol. The number of amides is 1. The quantitative estimate of drug-likeness (QED) is 0.880. The number of aryl methyl sites for hydroxylation is 2. The molecule has 2 N–H and O–H groups in total. The Bertz CT molecular complexity index is 489. The standard InChI is InChI=1S/C16H22N2O.ClH/c1-11-15(6-3-9-17-11)18-16(19)14-8-7-12-4-2-5-13(12)10-14;/h7-8,10-11,15,17H,2-6,9H2,1H3,(H,18,19);1H. The van der Waals surface area contributed by atoms with E-state index in [1.54, 1.807) is 0 Å². The van der Waals surface area contributed by atoms with Crippen LogP contribution in [0.1, 0.15) is 47.7 Å². The largest absolute Gasteiger partial charge is 0.348 e. The Kier molecular flexibility index (Phi) is 5.06. The van der Waals surface area contributed by atoms with E-state index in [-0.39, 0.29) is 24.4 Å². The van der Waals surface area contributed by atoms with E-state index < -0.39 is 0 Å². The van der Waals surface area contributed by atoms with Gasteiger partial charge in [-0.3, -0.25) is 4.79 Å². The Balaban J connectivity index is 0.00000147. The Morgan fingerprint density at radius 1 is 1.25 bits per heavy atom. The van der Waals surface area contributed by atoms with Crippen LogP contribution in [0.2, 0.25) is 0 Å². The van der Waals surface area contributed by atoms with E-state index in [9.17, 15) is 4.79 Å². The number of hydrogen-bond donors (Lipinski definition) is 2. The molecule has 20 heavy (non-hydrogen) atoms. The molecule has 2 atom stereocenters. The summed E-state index contributed by atoms with van der Waals surface area (Å²) in [4.78, 5) is 12.3. The number of hydrogen-bond acceptors (Lipinski definition) is 2. The van der Waals surface area contributed by atoms with Crippen molar-refractivity contribution >= 4 is 18.3 Å². The Hall–Kier alpha value is -1.06. The van der Waals surface area contributed by atoms with E-state index in [1.165, 1.54) is 24.0 Å². The summed E-state index contributed by atoms with van der Waals surface area (Å²) in [6, 6.07) is 6.81. The second-order valence-corrected chi connectivity index (χ2v) is 5.80. The maximum Gasteiger partial charge on any atom is 0.251 e. The molecule has 2 aliphatic rings. The van der Waals surface area contributed by atoms with Gasteiger partial charge in [-0.25, -0.2) is 0 Å². The molecule has 1 fully saturated rings. The fourth-order valence-corrected chi connectivity index (χ4v) is 3.21. The van der Waals surface area contributed by atoms with Crippen LogP contribution in [0.3, 0.4) is 0 Å². The van der Waals surface area contributed by atoms with Crippen LogP contribution in [0.15, 0.2) is 18.2 Å². The first kappa shape index (κ1) is 15.3. The predicted molar refractivity (Wildman–Crippen MR) is 83.7 cm³/mol. The highest BCUT2D eigenvalue weighted by Crippen LogP contribution is 2.23. The first-order chi connectivity index (χ1) is 9.24. The number of carbonyl (C=O) groups excluding carboxylic acids is 1. The topological polar surface area (TPSA) is 41.1 Å². The van der Waals surface area contributed by atoms with Gasteiger partial charge in [-0.05, 0) is 68.8 Å². The second kappa shape index (κ2) is 6.59. The van der Waals surface area contributed by atoms with Crippen molar-refractivity contribution in [1.29, 1.82) is 0 Å². The summed E-state index contributed by atoms with van der Waals surface area (Å²) in [5.41, 5.74) is 3.60. The third-order valence-corrected chi connectivity index (χ3v) is 4.44. The van der Waals surface area contributed by atoms with E-state index in [4.69, 9.17) is 0 Å². The Labute approximate surface area is 126 Å². The highest BCUT2D eigenvalue weighted by molar-refractivity contribution is 5.94. The van der Waals surface area contributed by atoms with Crippen molar-refractivity contribution in [3.8, 4) is 0 Å². The molecular formula is C16H23ClN2O. The molecule has 0 radical (unpaired) electrons. The van der Waals surface area contributed by atoms with Crippen LogP contribution in [0.5, 0.6) is 0 Å². The molecule has 0 saturated carbocycles. The molecule has 1 aromatic carbocycles. The lowest BCUT2D eigenvalue weighted by Gasteiger charge is -2.30. The summed E-state index contributed by atoms with van der Waals surface area (Å²) in [6.45, 7) is 3.21. The van der Waals surface area contributed by atoms with Crippen molar-refractivity contribution in [2.45, 2.75) is 51.1 Å². The molecule has 0 spiro atoms. The number of fused-ring (bicyclic) bond motifs is 1. The van der Waals surface area contributed by atoms with E-state index in [2.05, 4.69) is 29.7 Å². The summed E-state index contributed by atoms with van der Waals surface area (Å²) in [5.74, 6) is 0.0789. The van der Waals surface area contributed by atoms with Gasteiger partial charge in [0.15, 0.2) is 0 Å². The van der Waals surface area contributed by atoms with Crippen LogP contribution in [-0.2, 0) is 12.8 Å². The molecule has 1 aromatic rings. The normalized spacial score (nSPS) is 24.6. The molecule has 3 nitrogen and oxygen atoms in total. The minimum Gasteiger partial charge on any atom is -0.348 e. The van der Waals surface area contributed by atoms with Crippen LogP contribution in [-0.4, -0.2) is 24.5 Å². The molecule has 1 aliphatic heterocycles. The molecule has 3 rings (SSSR count). The van der Waals surface area contributed by atoms with Crippen LogP contribution in [0.4, 0.5) is 0 Å². The van der Waals surface area contributed by atoms with E-state index in [0.717, 1.165) is 31.4 Å². The van der Waals surface area contributed by atoms with Gasteiger partial charge in [0, 0.05) is 17.6 Å². The maximum absolute atomic E-state index is 12.3. The molecule has 4 heteroatoms. The number of halogens is 1. The fraction of sp³-hybridized carbons (Fsp3) is 0.562. The minimum absolute atomic E-state index is 0. The van der Waals surface area contributed by atoms with Crippen LogP contribution in [0.25, 0.3) is 0 Å². The van der Waals surface area contributed by atoms with Gasteiger partial charge in [-0.15, -0.1) is 12.4 Å². The highest BCUT2D eigenvalue weighted by Gasteiger charge is 2.23. The molecule has 1 aliphatic carbocycles. The summed E-state index contributed by atoms with van der Waals surface area (Å²) in [6.07, 6.45) is 5.73. The summed E-state index contributed by atoms with van der Waals surface area (Å²) in [7, 11) is 0. The monoisotopic (exact) mass is 294 g/mol. The highest BCUT2D eigenvalue weighted by atomic mass is 35.5. The molecule has 2 unspecified atom stereocenters. The zero-order valence-electron chi connectivity index (χ0n) is 11.9. The van der Waals surface area contributed by atoms with Gasteiger partial charge in [0.1, 0.15) is 0 Å². The lowest BCUT2D eigenvalue weighted by Crippen LogP contribution is -2.51. The average molecular weight is 295 g/mol. The smallest absolute Gasteiger partial charge is 0.251 e. The molecule has 1 heterocycles. The summed E-state index contributed by atoms with van der Waals surface area (Å²) in [5, 5.41) is 6.59. The Morgan fingerprint density at radius 3 is 2.85 bits per heavy atom. The number of rotatable bonds is 2. The van der Waals surface area contributed by atoms with Gasteiger partial charge in [-0.2, -0.15) is 0 Å². The molecule has 0 aromatic heterocycles. The van der Waals surface area contributed by atoms with Gasteiger partial charge in [0.05, 0.1) is 0 Å². The third kappa shape index (κ3) is 3.15. The average Bonchev–Trinajstić information content (AvgIpc) is 2.88. The number of piperidine rings is 1. The number of benzene rings is 1. The van der Waals surface area contributed by atoms with Crippen LogP contribution in [0, 0.1) is 0 Å². The molecule has 1 saturated heterocycles. The van der Waals surface area contributed by atoms with E-state index in [0.29, 0.717) is 6.04 Å². The fourth-order valence-electron chi connectivity index (χ4n) is 3.21. The van der Waals surface area contributed by atoms with Crippen molar-refractivity contribution in [3.05, 3.63) is 34.9 Å². The lowest BCUT2D eigenvalue weighted by atomic mass is 9.99. The van der Waals surface area contributed by atoms with Crippen molar-refractivity contribution in [3.63, 3.8) is 0 Å². The van der Waals surface area contributed by atoms with Crippen LogP contribution < -0.4 is 10.6 Å².